The Kier molecular flexibility index (Phi) is 5.54. The Morgan fingerprint density at radius 3 is 2.55 bits per heavy atom. The normalized spacial score (nSPS) is 10.5. The third-order valence-corrected chi connectivity index (χ3v) is 3.05. The Bertz CT molecular complexity index is 654. The maximum atomic E-state index is 11.8. The number of hydrogen-bond donors (Lipinski definition) is 1. The van der Waals surface area contributed by atoms with Crippen molar-refractivity contribution in [1.82, 2.24) is 10.3 Å². The molecule has 1 aromatic carbocycles. The van der Waals surface area contributed by atoms with Crippen LogP contribution in [-0.2, 0) is 11.3 Å². The van der Waals surface area contributed by atoms with Gasteiger partial charge in [0, 0.05) is 25.0 Å². The molecule has 1 aromatic heterocycles. The van der Waals surface area contributed by atoms with Crippen molar-refractivity contribution in [2.75, 3.05) is 14.2 Å². The summed E-state index contributed by atoms with van der Waals surface area (Å²) in [5, 5.41) is 2.81. The molecule has 0 fully saturated rings. The lowest BCUT2D eigenvalue weighted by Crippen LogP contribution is -2.20. The van der Waals surface area contributed by atoms with Gasteiger partial charge in [-0.15, -0.1) is 0 Å². The summed E-state index contributed by atoms with van der Waals surface area (Å²) in [6, 6.07) is 9.18. The molecule has 5 heteroatoms. The standard InChI is InChI=1S/C17H18N2O3/c1-21-15-5-3-13(11-16(15)22-2)4-6-17(20)19-12-14-7-9-18-10-8-14/h3-11H,12H2,1-2H3,(H,19,20). The van der Waals surface area contributed by atoms with E-state index in [2.05, 4.69) is 10.3 Å². The number of pyridine rings is 1. The van der Waals surface area contributed by atoms with Gasteiger partial charge in [-0.2, -0.15) is 0 Å². The number of hydrogen-bond acceptors (Lipinski definition) is 4. The first-order chi connectivity index (χ1) is 10.7. The van der Waals surface area contributed by atoms with Gasteiger partial charge in [0.25, 0.3) is 0 Å². The van der Waals surface area contributed by atoms with E-state index in [4.69, 9.17) is 9.47 Å². The number of amides is 1. The van der Waals surface area contributed by atoms with E-state index in [1.165, 1.54) is 6.08 Å². The Morgan fingerprint density at radius 2 is 1.86 bits per heavy atom. The van der Waals surface area contributed by atoms with E-state index >= 15 is 0 Å². The van der Waals surface area contributed by atoms with Crippen molar-refractivity contribution in [3.05, 3.63) is 59.9 Å². The number of aromatic nitrogens is 1. The molecule has 114 valence electrons. The molecule has 2 rings (SSSR count). The van der Waals surface area contributed by atoms with Crippen LogP contribution in [0.2, 0.25) is 0 Å². The van der Waals surface area contributed by atoms with Crippen molar-refractivity contribution >= 4 is 12.0 Å². The molecule has 0 radical (unpaired) electrons. The van der Waals surface area contributed by atoms with Crippen LogP contribution in [0.3, 0.4) is 0 Å². The van der Waals surface area contributed by atoms with E-state index in [0.717, 1.165) is 11.1 Å². The highest BCUT2D eigenvalue weighted by molar-refractivity contribution is 5.91. The Balaban J connectivity index is 1.95. The third-order valence-electron chi connectivity index (χ3n) is 3.05. The van der Waals surface area contributed by atoms with E-state index in [1.54, 1.807) is 38.8 Å². The second-order valence-electron chi connectivity index (χ2n) is 4.52. The van der Waals surface area contributed by atoms with Crippen LogP contribution in [0.25, 0.3) is 6.08 Å². The lowest BCUT2D eigenvalue weighted by Gasteiger charge is -2.07. The zero-order valence-corrected chi connectivity index (χ0v) is 12.6. The molecule has 0 saturated carbocycles. The fourth-order valence-corrected chi connectivity index (χ4v) is 1.88. The summed E-state index contributed by atoms with van der Waals surface area (Å²) in [5.41, 5.74) is 1.86. The van der Waals surface area contributed by atoms with Gasteiger partial charge in [-0.05, 0) is 41.5 Å². The molecular formula is C17H18N2O3. The van der Waals surface area contributed by atoms with Crippen LogP contribution in [0.5, 0.6) is 11.5 Å². The minimum absolute atomic E-state index is 0.161. The van der Waals surface area contributed by atoms with Crippen molar-refractivity contribution in [2.24, 2.45) is 0 Å². The first kappa shape index (κ1) is 15.6. The number of nitrogens with zero attached hydrogens (tertiary/aromatic N) is 1. The minimum atomic E-state index is -0.161. The molecule has 0 bridgehead atoms. The van der Waals surface area contributed by atoms with Crippen LogP contribution in [0.1, 0.15) is 11.1 Å². The zero-order chi connectivity index (χ0) is 15.8. The van der Waals surface area contributed by atoms with Crippen LogP contribution in [0.15, 0.2) is 48.8 Å². The van der Waals surface area contributed by atoms with E-state index in [1.807, 2.05) is 24.3 Å². The third kappa shape index (κ3) is 4.34. The summed E-state index contributed by atoms with van der Waals surface area (Å²) in [7, 11) is 3.16. The summed E-state index contributed by atoms with van der Waals surface area (Å²) in [6.45, 7) is 0.470. The second kappa shape index (κ2) is 7.83. The summed E-state index contributed by atoms with van der Waals surface area (Å²) in [6.07, 6.45) is 6.61. The number of ether oxygens (including phenoxy) is 2. The molecule has 1 heterocycles. The molecule has 5 nitrogen and oxygen atoms in total. The first-order valence-electron chi connectivity index (χ1n) is 6.80. The largest absolute Gasteiger partial charge is 0.493 e. The Morgan fingerprint density at radius 1 is 1.14 bits per heavy atom. The lowest BCUT2D eigenvalue weighted by atomic mass is 10.2. The summed E-state index contributed by atoms with van der Waals surface area (Å²) in [5.74, 6) is 1.12. The Hall–Kier alpha value is -2.82. The quantitative estimate of drug-likeness (QED) is 0.832. The smallest absolute Gasteiger partial charge is 0.244 e. The van der Waals surface area contributed by atoms with Gasteiger partial charge < -0.3 is 14.8 Å². The van der Waals surface area contributed by atoms with Gasteiger partial charge in [0.15, 0.2) is 11.5 Å². The first-order valence-corrected chi connectivity index (χ1v) is 6.80. The van der Waals surface area contributed by atoms with E-state index in [-0.39, 0.29) is 5.91 Å². The highest BCUT2D eigenvalue weighted by Gasteiger charge is 2.03. The average Bonchev–Trinajstić information content (AvgIpc) is 2.58. The summed E-state index contributed by atoms with van der Waals surface area (Å²) < 4.78 is 10.4. The maximum Gasteiger partial charge on any atom is 0.244 e. The molecule has 0 aliphatic rings. The van der Waals surface area contributed by atoms with Crippen molar-refractivity contribution in [3.8, 4) is 11.5 Å². The van der Waals surface area contributed by atoms with Crippen molar-refractivity contribution in [1.29, 1.82) is 0 Å². The van der Waals surface area contributed by atoms with Gasteiger partial charge in [0.05, 0.1) is 14.2 Å². The number of carbonyl (C=O) groups is 1. The minimum Gasteiger partial charge on any atom is -0.493 e. The summed E-state index contributed by atoms with van der Waals surface area (Å²) >= 11 is 0. The van der Waals surface area contributed by atoms with Gasteiger partial charge in [-0.3, -0.25) is 9.78 Å². The number of rotatable bonds is 6. The van der Waals surface area contributed by atoms with E-state index in [0.29, 0.717) is 18.0 Å². The number of methoxy groups -OCH3 is 2. The molecule has 2 aromatic rings. The molecular weight excluding hydrogens is 280 g/mol. The van der Waals surface area contributed by atoms with E-state index < -0.39 is 0 Å². The highest BCUT2D eigenvalue weighted by atomic mass is 16.5. The van der Waals surface area contributed by atoms with E-state index in [9.17, 15) is 4.79 Å². The number of benzene rings is 1. The summed E-state index contributed by atoms with van der Waals surface area (Å²) in [4.78, 5) is 15.7. The lowest BCUT2D eigenvalue weighted by molar-refractivity contribution is -0.116. The number of nitrogens with one attached hydrogen (secondary N) is 1. The molecule has 1 amide bonds. The molecule has 22 heavy (non-hydrogen) atoms. The predicted octanol–water partition coefficient (Wildman–Crippen LogP) is 2.43. The van der Waals surface area contributed by atoms with Crippen molar-refractivity contribution in [2.45, 2.75) is 6.54 Å². The van der Waals surface area contributed by atoms with Gasteiger partial charge in [0.1, 0.15) is 0 Å². The fourth-order valence-electron chi connectivity index (χ4n) is 1.88. The SMILES string of the molecule is COc1ccc(C=CC(=O)NCc2ccncc2)cc1OC. The monoisotopic (exact) mass is 298 g/mol. The zero-order valence-electron chi connectivity index (χ0n) is 12.6. The molecule has 0 aliphatic carbocycles. The van der Waals surface area contributed by atoms with Gasteiger partial charge in [0.2, 0.25) is 5.91 Å². The molecule has 0 saturated heterocycles. The molecule has 0 unspecified atom stereocenters. The maximum absolute atomic E-state index is 11.8. The average molecular weight is 298 g/mol. The van der Waals surface area contributed by atoms with Crippen molar-refractivity contribution in [3.63, 3.8) is 0 Å². The van der Waals surface area contributed by atoms with Crippen LogP contribution in [-0.4, -0.2) is 25.1 Å². The topological polar surface area (TPSA) is 60.5 Å². The van der Waals surface area contributed by atoms with Gasteiger partial charge >= 0.3 is 0 Å². The van der Waals surface area contributed by atoms with Gasteiger partial charge in [-0.25, -0.2) is 0 Å². The fraction of sp³-hybridized carbons (Fsp3) is 0.176. The Labute approximate surface area is 129 Å². The molecule has 0 atom stereocenters. The second-order valence-corrected chi connectivity index (χ2v) is 4.52. The molecule has 0 spiro atoms. The van der Waals surface area contributed by atoms with Crippen LogP contribution in [0.4, 0.5) is 0 Å². The van der Waals surface area contributed by atoms with Crippen LogP contribution >= 0.6 is 0 Å². The predicted molar refractivity (Wildman–Crippen MR) is 84.7 cm³/mol. The van der Waals surface area contributed by atoms with Gasteiger partial charge in [-0.1, -0.05) is 6.07 Å². The molecule has 1 N–H and O–H groups in total. The van der Waals surface area contributed by atoms with Crippen LogP contribution in [0, 0.1) is 0 Å². The highest BCUT2D eigenvalue weighted by Crippen LogP contribution is 2.27. The number of carbonyl (C=O) groups excluding carboxylic acids is 1. The molecule has 0 aliphatic heterocycles. The van der Waals surface area contributed by atoms with Crippen molar-refractivity contribution < 1.29 is 14.3 Å². The van der Waals surface area contributed by atoms with Crippen LogP contribution < -0.4 is 14.8 Å².